The quantitative estimate of drug-likeness (QED) is 0.174. The van der Waals surface area contributed by atoms with Gasteiger partial charge in [0.25, 0.3) is 5.91 Å². The number of hydrazine groups is 1. The normalized spacial score (nSPS) is 7.80. The van der Waals surface area contributed by atoms with Gasteiger partial charge in [-0.2, -0.15) is 5.26 Å². The van der Waals surface area contributed by atoms with Crippen LogP contribution in [0, 0.1) is 11.3 Å². The van der Waals surface area contributed by atoms with Gasteiger partial charge in [-0.05, 0) is 13.8 Å². The lowest BCUT2D eigenvalue weighted by Gasteiger charge is -1.96. The van der Waals surface area contributed by atoms with Gasteiger partial charge < -0.3 is 0 Å². The molecule has 1 amide bonds. The third-order valence-electron chi connectivity index (χ3n) is 0.970. The molecular formula is C6H9N3O. The second-order valence-electron chi connectivity index (χ2n) is 1.96. The Kier molecular flexibility index (Phi) is 3.15. The number of amides is 1. The molecule has 0 unspecified atom stereocenters. The van der Waals surface area contributed by atoms with Crippen LogP contribution in [-0.2, 0) is 4.79 Å². The van der Waals surface area contributed by atoms with Gasteiger partial charge >= 0.3 is 0 Å². The van der Waals surface area contributed by atoms with E-state index >= 15 is 0 Å². The molecule has 0 heterocycles. The smallest absolute Gasteiger partial charge is 0.275 e. The maximum absolute atomic E-state index is 10.7. The van der Waals surface area contributed by atoms with E-state index < -0.39 is 5.91 Å². The molecule has 4 heteroatoms. The molecule has 0 bridgehead atoms. The first kappa shape index (κ1) is 8.66. The number of nitrogens with zero attached hydrogens (tertiary/aromatic N) is 1. The summed E-state index contributed by atoms with van der Waals surface area (Å²) in [6, 6.07) is 1.74. The predicted molar refractivity (Wildman–Crippen MR) is 36.3 cm³/mol. The Morgan fingerprint density at radius 3 is 2.20 bits per heavy atom. The topological polar surface area (TPSA) is 78.9 Å². The molecule has 0 spiro atoms. The number of hydrogen-bond donors (Lipinski definition) is 2. The lowest BCUT2D eigenvalue weighted by molar-refractivity contribution is -0.117. The Bertz CT molecular complexity index is 208. The van der Waals surface area contributed by atoms with Gasteiger partial charge in [-0.25, -0.2) is 5.84 Å². The van der Waals surface area contributed by atoms with E-state index in [0.29, 0.717) is 5.57 Å². The Labute approximate surface area is 59.3 Å². The van der Waals surface area contributed by atoms with Crippen molar-refractivity contribution in [2.24, 2.45) is 5.84 Å². The molecule has 0 aromatic heterocycles. The molecule has 0 aromatic rings. The van der Waals surface area contributed by atoms with Crippen LogP contribution in [0.25, 0.3) is 0 Å². The molecule has 0 saturated heterocycles. The van der Waals surface area contributed by atoms with Crippen molar-refractivity contribution < 1.29 is 4.79 Å². The highest BCUT2D eigenvalue weighted by molar-refractivity contribution is 5.97. The third kappa shape index (κ3) is 1.88. The molecule has 0 atom stereocenters. The van der Waals surface area contributed by atoms with E-state index in [9.17, 15) is 4.79 Å². The molecule has 0 saturated carbocycles. The summed E-state index contributed by atoms with van der Waals surface area (Å²) in [5.74, 6) is 4.26. The lowest BCUT2D eigenvalue weighted by Crippen LogP contribution is -2.31. The molecule has 0 aliphatic heterocycles. The Morgan fingerprint density at radius 1 is 1.60 bits per heavy atom. The van der Waals surface area contributed by atoms with Crippen molar-refractivity contribution in [3.8, 4) is 6.07 Å². The molecule has 0 rings (SSSR count). The molecule has 54 valence electrons. The average molecular weight is 139 g/mol. The Morgan fingerprint density at radius 2 is 2.10 bits per heavy atom. The van der Waals surface area contributed by atoms with Crippen LogP contribution < -0.4 is 11.3 Å². The van der Waals surface area contributed by atoms with E-state index in [1.165, 1.54) is 0 Å². The van der Waals surface area contributed by atoms with Crippen LogP contribution in [0.3, 0.4) is 0 Å². The standard InChI is InChI=1S/C6H9N3O/c1-4(2)5(3-7)6(10)9-8/h8H2,1-2H3,(H,9,10). The predicted octanol–water partition coefficient (Wildman–Crippen LogP) is -0.164. The van der Waals surface area contributed by atoms with Crippen LogP contribution >= 0.6 is 0 Å². The second kappa shape index (κ2) is 3.64. The minimum atomic E-state index is -0.539. The fourth-order valence-corrected chi connectivity index (χ4v) is 0.462. The highest BCUT2D eigenvalue weighted by atomic mass is 16.2. The summed E-state index contributed by atoms with van der Waals surface area (Å²) >= 11 is 0. The summed E-state index contributed by atoms with van der Waals surface area (Å²) in [5, 5.41) is 8.37. The van der Waals surface area contributed by atoms with Gasteiger partial charge in [0, 0.05) is 0 Å². The summed E-state index contributed by atoms with van der Waals surface area (Å²) in [5.41, 5.74) is 2.61. The van der Waals surface area contributed by atoms with Crippen molar-refractivity contribution in [2.45, 2.75) is 13.8 Å². The summed E-state index contributed by atoms with van der Waals surface area (Å²) in [4.78, 5) is 10.7. The van der Waals surface area contributed by atoms with Gasteiger partial charge in [-0.15, -0.1) is 0 Å². The molecule has 3 N–H and O–H groups in total. The first-order chi connectivity index (χ1) is 4.63. The van der Waals surface area contributed by atoms with Gasteiger partial charge in [0.05, 0.1) is 0 Å². The van der Waals surface area contributed by atoms with Crippen molar-refractivity contribution in [3.63, 3.8) is 0 Å². The van der Waals surface area contributed by atoms with E-state index in [0.717, 1.165) is 0 Å². The first-order valence-electron chi connectivity index (χ1n) is 2.72. The number of carbonyl (C=O) groups is 1. The zero-order valence-electron chi connectivity index (χ0n) is 5.93. The number of allylic oxidation sites excluding steroid dienone is 1. The van der Waals surface area contributed by atoms with Crippen molar-refractivity contribution in [3.05, 3.63) is 11.1 Å². The fourth-order valence-electron chi connectivity index (χ4n) is 0.462. The molecule has 0 aliphatic rings. The minimum Gasteiger partial charge on any atom is -0.290 e. The van der Waals surface area contributed by atoms with Crippen molar-refractivity contribution in [1.29, 1.82) is 5.26 Å². The summed E-state index contributed by atoms with van der Waals surface area (Å²) in [6.45, 7) is 3.35. The van der Waals surface area contributed by atoms with Gasteiger partial charge in [-0.3, -0.25) is 10.2 Å². The molecule has 0 aliphatic carbocycles. The molecule has 10 heavy (non-hydrogen) atoms. The summed E-state index contributed by atoms with van der Waals surface area (Å²) in [6.07, 6.45) is 0. The zero-order chi connectivity index (χ0) is 8.15. The largest absolute Gasteiger partial charge is 0.290 e. The summed E-state index contributed by atoms with van der Waals surface area (Å²) in [7, 11) is 0. The number of nitriles is 1. The maximum Gasteiger partial charge on any atom is 0.275 e. The van der Waals surface area contributed by atoms with E-state index in [4.69, 9.17) is 11.1 Å². The van der Waals surface area contributed by atoms with E-state index in [1.807, 2.05) is 5.43 Å². The van der Waals surface area contributed by atoms with Crippen molar-refractivity contribution >= 4 is 5.91 Å². The SMILES string of the molecule is CC(C)=C(C#N)C(=O)NN. The van der Waals surface area contributed by atoms with Crippen LogP contribution in [0.15, 0.2) is 11.1 Å². The Balaban J connectivity index is 4.59. The van der Waals surface area contributed by atoms with Gasteiger partial charge in [-0.1, -0.05) is 5.57 Å². The molecular weight excluding hydrogens is 130 g/mol. The monoisotopic (exact) mass is 139 g/mol. The summed E-state index contributed by atoms with van der Waals surface area (Å²) < 4.78 is 0. The minimum absolute atomic E-state index is 0.0718. The van der Waals surface area contributed by atoms with Crippen LogP contribution in [0.5, 0.6) is 0 Å². The highest BCUT2D eigenvalue weighted by Gasteiger charge is 2.06. The van der Waals surface area contributed by atoms with Gasteiger partial charge in [0.2, 0.25) is 0 Å². The van der Waals surface area contributed by atoms with Crippen molar-refractivity contribution in [1.82, 2.24) is 5.43 Å². The van der Waals surface area contributed by atoms with E-state index in [2.05, 4.69) is 0 Å². The zero-order valence-corrected chi connectivity index (χ0v) is 5.93. The van der Waals surface area contributed by atoms with E-state index in [-0.39, 0.29) is 5.57 Å². The first-order valence-corrected chi connectivity index (χ1v) is 2.72. The van der Waals surface area contributed by atoms with Crippen LogP contribution in [0.4, 0.5) is 0 Å². The van der Waals surface area contributed by atoms with Crippen LogP contribution in [0.1, 0.15) is 13.8 Å². The van der Waals surface area contributed by atoms with E-state index in [1.54, 1.807) is 19.9 Å². The Hall–Kier alpha value is -1.34. The second-order valence-corrected chi connectivity index (χ2v) is 1.96. The van der Waals surface area contributed by atoms with Gasteiger partial charge in [0.1, 0.15) is 11.6 Å². The number of rotatable bonds is 1. The fraction of sp³-hybridized carbons (Fsp3) is 0.333. The molecule has 0 aromatic carbocycles. The third-order valence-corrected chi connectivity index (χ3v) is 0.970. The molecule has 0 fully saturated rings. The highest BCUT2D eigenvalue weighted by Crippen LogP contribution is 1.99. The number of nitrogens with one attached hydrogen (secondary N) is 1. The lowest BCUT2D eigenvalue weighted by atomic mass is 10.1. The molecule has 4 nitrogen and oxygen atoms in total. The van der Waals surface area contributed by atoms with Gasteiger partial charge in [0.15, 0.2) is 0 Å². The average Bonchev–Trinajstić information content (AvgIpc) is 1.88. The van der Waals surface area contributed by atoms with Crippen molar-refractivity contribution in [2.75, 3.05) is 0 Å². The number of carbonyl (C=O) groups excluding carboxylic acids is 1. The van der Waals surface area contributed by atoms with Crippen LogP contribution in [0.2, 0.25) is 0 Å². The van der Waals surface area contributed by atoms with Crippen LogP contribution in [-0.4, -0.2) is 5.91 Å². The number of hydrogen-bond acceptors (Lipinski definition) is 3. The molecule has 0 radical (unpaired) electrons. The number of nitrogens with two attached hydrogens (primary N) is 1. The maximum atomic E-state index is 10.7.